The van der Waals surface area contributed by atoms with E-state index in [1.807, 2.05) is 77.0 Å². The van der Waals surface area contributed by atoms with Crippen molar-refractivity contribution in [2.45, 2.75) is 52.1 Å². The van der Waals surface area contributed by atoms with Gasteiger partial charge in [-0.05, 0) is 54.0 Å². The summed E-state index contributed by atoms with van der Waals surface area (Å²) in [6, 6.07) is 21.9. The lowest BCUT2D eigenvalue weighted by atomic mass is 10.0. The van der Waals surface area contributed by atoms with Crippen LogP contribution in [-0.2, 0) is 29.0 Å². The molecule has 1 aromatic heterocycles. The van der Waals surface area contributed by atoms with E-state index in [4.69, 9.17) is 4.74 Å². The topological polar surface area (TPSA) is 49.9 Å². The van der Waals surface area contributed by atoms with E-state index in [9.17, 15) is 9.59 Å². The minimum atomic E-state index is -0.115. The molecule has 0 spiro atoms. The number of nitrogens with zero attached hydrogens (tertiary/aromatic N) is 2. The van der Waals surface area contributed by atoms with E-state index >= 15 is 0 Å². The minimum absolute atomic E-state index is 0.0407. The highest BCUT2D eigenvalue weighted by Crippen LogP contribution is 2.17. The summed E-state index contributed by atoms with van der Waals surface area (Å²) in [6.07, 6.45) is 5.25. The Hall–Kier alpha value is -2.96. The summed E-state index contributed by atoms with van der Waals surface area (Å²) in [4.78, 5) is 31.6. The summed E-state index contributed by atoms with van der Waals surface area (Å²) in [5, 5.41) is 2.02. The second-order valence-corrected chi connectivity index (χ2v) is 10.1. The molecule has 5 nitrogen and oxygen atoms in total. The zero-order valence-electron chi connectivity index (χ0n) is 21.5. The maximum atomic E-state index is 13.6. The number of methoxy groups -OCH3 is 1. The summed E-state index contributed by atoms with van der Waals surface area (Å²) < 4.78 is 5.21. The van der Waals surface area contributed by atoms with Gasteiger partial charge in [0.1, 0.15) is 6.54 Å². The monoisotopic (exact) mass is 506 g/mol. The lowest BCUT2D eigenvalue weighted by Gasteiger charge is -2.28. The third kappa shape index (κ3) is 8.92. The van der Waals surface area contributed by atoms with Crippen molar-refractivity contribution in [1.82, 2.24) is 9.80 Å². The molecule has 1 heterocycles. The number of carbonyl (C=O) groups excluding carboxylic acids is 2. The van der Waals surface area contributed by atoms with E-state index in [-0.39, 0.29) is 18.4 Å². The Morgan fingerprint density at radius 1 is 0.833 bits per heavy atom. The molecule has 6 heteroatoms. The van der Waals surface area contributed by atoms with Crippen LogP contribution in [0.1, 0.15) is 59.0 Å². The summed E-state index contributed by atoms with van der Waals surface area (Å²) in [6.45, 7) is 4.27. The average molecular weight is 507 g/mol. The Morgan fingerprint density at radius 3 is 2.28 bits per heavy atom. The van der Waals surface area contributed by atoms with Crippen LogP contribution in [0.15, 0.2) is 72.1 Å². The van der Waals surface area contributed by atoms with Crippen molar-refractivity contribution in [1.29, 1.82) is 0 Å². The molecule has 0 unspecified atom stereocenters. The number of rotatable bonds is 15. The molecule has 2 amide bonds. The molecule has 0 N–H and O–H groups in total. The van der Waals surface area contributed by atoms with Crippen LogP contribution in [0, 0.1) is 0 Å². The van der Waals surface area contributed by atoms with Crippen LogP contribution in [0.25, 0.3) is 0 Å². The van der Waals surface area contributed by atoms with Crippen molar-refractivity contribution in [3.05, 3.63) is 93.7 Å². The molecule has 0 saturated heterocycles. The molecular formula is C30H38N2O3S. The van der Waals surface area contributed by atoms with E-state index in [0.717, 1.165) is 23.3 Å². The van der Waals surface area contributed by atoms with Crippen molar-refractivity contribution in [2.24, 2.45) is 0 Å². The van der Waals surface area contributed by atoms with E-state index in [1.165, 1.54) is 18.4 Å². The molecule has 0 aliphatic rings. The van der Waals surface area contributed by atoms with Gasteiger partial charge in [-0.1, -0.05) is 68.3 Å². The lowest BCUT2D eigenvalue weighted by molar-refractivity contribution is -0.133. The van der Waals surface area contributed by atoms with Crippen molar-refractivity contribution in [3.63, 3.8) is 0 Å². The van der Waals surface area contributed by atoms with E-state index in [2.05, 4.69) is 6.92 Å². The zero-order valence-corrected chi connectivity index (χ0v) is 22.3. The third-order valence-corrected chi connectivity index (χ3v) is 7.02. The second-order valence-electron chi connectivity index (χ2n) is 9.04. The third-order valence-electron chi connectivity index (χ3n) is 6.16. The van der Waals surface area contributed by atoms with Crippen molar-refractivity contribution >= 4 is 23.2 Å². The number of amides is 2. The minimum Gasteiger partial charge on any atom is -0.385 e. The Morgan fingerprint density at radius 2 is 1.61 bits per heavy atom. The molecule has 0 bridgehead atoms. The van der Waals surface area contributed by atoms with Gasteiger partial charge >= 0.3 is 0 Å². The first-order valence-electron chi connectivity index (χ1n) is 12.8. The van der Waals surface area contributed by atoms with E-state index in [1.54, 1.807) is 23.3 Å². The second kappa shape index (κ2) is 15.2. The van der Waals surface area contributed by atoms with Crippen molar-refractivity contribution < 1.29 is 14.3 Å². The van der Waals surface area contributed by atoms with Gasteiger partial charge in [0.25, 0.3) is 5.91 Å². The molecule has 0 fully saturated rings. The van der Waals surface area contributed by atoms with Gasteiger partial charge in [0.15, 0.2) is 0 Å². The zero-order chi connectivity index (χ0) is 25.6. The van der Waals surface area contributed by atoms with E-state index < -0.39 is 0 Å². The molecule has 0 saturated carbocycles. The van der Waals surface area contributed by atoms with Crippen LogP contribution < -0.4 is 0 Å². The van der Waals surface area contributed by atoms with Gasteiger partial charge in [0.2, 0.25) is 5.91 Å². The van der Waals surface area contributed by atoms with Crippen LogP contribution in [0.3, 0.4) is 0 Å². The molecular weight excluding hydrogens is 468 g/mol. The van der Waals surface area contributed by atoms with Gasteiger partial charge in [-0.25, -0.2) is 0 Å². The maximum Gasteiger partial charge on any atom is 0.254 e. The van der Waals surface area contributed by atoms with Crippen molar-refractivity contribution in [3.8, 4) is 0 Å². The van der Waals surface area contributed by atoms with Gasteiger partial charge in [-0.2, -0.15) is 0 Å². The van der Waals surface area contributed by atoms with Gasteiger partial charge < -0.3 is 14.5 Å². The van der Waals surface area contributed by atoms with Gasteiger partial charge in [-0.15, -0.1) is 11.3 Å². The molecule has 0 atom stereocenters. The predicted octanol–water partition coefficient (Wildman–Crippen LogP) is 6.19. The van der Waals surface area contributed by atoms with Gasteiger partial charge in [0, 0.05) is 37.2 Å². The Kier molecular flexibility index (Phi) is 11.7. The average Bonchev–Trinajstić information content (AvgIpc) is 3.42. The fraction of sp³-hybridized carbons (Fsp3) is 0.400. The standard InChI is InChI=1S/C30H38N2O3S/c1-3-4-6-11-25-15-17-27(18-16-25)30(34)31(19-10-20-35-2)24-29(33)32(23-28-14-9-21-36-28)22-26-12-7-5-8-13-26/h5,7-9,12-18,21H,3-4,6,10-11,19-20,22-24H2,1-2H3. The molecule has 0 aliphatic heterocycles. The number of unbranched alkanes of at least 4 members (excludes halogenated alkanes) is 2. The van der Waals surface area contributed by atoms with Crippen molar-refractivity contribution in [2.75, 3.05) is 26.8 Å². The van der Waals surface area contributed by atoms with Crippen LogP contribution >= 0.6 is 11.3 Å². The van der Waals surface area contributed by atoms with Gasteiger partial charge in [-0.3, -0.25) is 9.59 Å². The first kappa shape index (κ1) is 27.6. The first-order chi connectivity index (χ1) is 17.6. The highest BCUT2D eigenvalue weighted by atomic mass is 32.1. The number of thiophene rings is 1. The summed E-state index contributed by atoms with van der Waals surface area (Å²) in [7, 11) is 1.65. The molecule has 3 rings (SSSR count). The number of carbonyl (C=O) groups is 2. The fourth-order valence-corrected chi connectivity index (χ4v) is 4.84. The highest BCUT2D eigenvalue weighted by molar-refractivity contribution is 7.09. The van der Waals surface area contributed by atoms with Crippen LogP contribution in [0.4, 0.5) is 0 Å². The quantitative estimate of drug-likeness (QED) is 0.231. The SMILES string of the molecule is CCCCCc1ccc(C(=O)N(CCCOC)CC(=O)N(Cc2ccccc2)Cc2cccs2)cc1. The Labute approximate surface area is 219 Å². The number of hydrogen-bond donors (Lipinski definition) is 0. The fourth-order valence-electron chi connectivity index (χ4n) is 4.12. The smallest absolute Gasteiger partial charge is 0.254 e. The van der Waals surface area contributed by atoms with E-state index in [0.29, 0.717) is 38.2 Å². The lowest BCUT2D eigenvalue weighted by Crippen LogP contribution is -2.43. The van der Waals surface area contributed by atoms with Gasteiger partial charge in [0.05, 0.1) is 6.54 Å². The normalized spacial score (nSPS) is 10.8. The highest BCUT2D eigenvalue weighted by Gasteiger charge is 2.23. The molecule has 0 radical (unpaired) electrons. The van der Waals surface area contributed by atoms with Crippen LogP contribution in [0.2, 0.25) is 0 Å². The molecule has 2 aromatic carbocycles. The summed E-state index contributed by atoms with van der Waals surface area (Å²) in [5.74, 6) is -0.176. The number of benzene rings is 2. The Balaban J connectivity index is 1.73. The molecule has 0 aliphatic carbocycles. The first-order valence-corrected chi connectivity index (χ1v) is 13.7. The molecule has 36 heavy (non-hydrogen) atoms. The largest absolute Gasteiger partial charge is 0.385 e. The molecule has 192 valence electrons. The predicted molar refractivity (Wildman–Crippen MR) is 147 cm³/mol. The maximum absolute atomic E-state index is 13.6. The number of aryl methyl sites for hydroxylation is 1. The molecule has 3 aromatic rings. The Bertz CT molecular complexity index is 1040. The van der Waals surface area contributed by atoms with Crippen LogP contribution in [-0.4, -0.2) is 48.4 Å². The summed E-state index contributed by atoms with van der Waals surface area (Å²) >= 11 is 1.64. The van der Waals surface area contributed by atoms with Crippen LogP contribution in [0.5, 0.6) is 0 Å². The number of hydrogen-bond acceptors (Lipinski definition) is 4. The summed E-state index contributed by atoms with van der Waals surface area (Å²) in [5.41, 5.74) is 2.93. The number of ether oxygens (including phenoxy) is 1.